The minimum absolute atomic E-state index is 0.101. The first-order valence-corrected chi connectivity index (χ1v) is 7.51. The molecule has 5 heteroatoms. The molecule has 23 heavy (non-hydrogen) atoms. The fourth-order valence-electron chi connectivity index (χ4n) is 2.77. The van der Waals surface area contributed by atoms with Gasteiger partial charge in [-0.2, -0.15) is 0 Å². The van der Waals surface area contributed by atoms with Crippen LogP contribution in [0.25, 0.3) is 0 Å². The van der Waals surface area contributed by atoms with E-state index in [0.29, 0.717) is 18.5 Å². The van der Waals surface area contributed by atoms with Gasteiger partial charge in [-0.1, -0.05) is 42.5 Å². The molecule has 0 aromatic heterocycles. The number of carbonyl (C=O) groups is 1. The zero-order valence-corrected chi connectivity index (χ0v) is 12.6. The normalized spacial score (nSPS) is 20.5. The van der Waals surface area contributed by atoms with E-state index >= 15 is 0 Å². The van der Waals surface area contributed by atoms with Crippen LogP contribution in [0.1, 0.15) is 17.5 Å². The highest BCUT2D eigenvalue weighted by molar-refractivity contribution is 5.68. The summed E-state index contributed by atoms with van der Waals surface area (Å²) in [6, 6.07) is 15.3. The molecule has 0 saturated carbocycles. The highest BCUT2D eigenvalue weighted by Crippen LogP contribution is 2.32. The number of nitrogens with zero attached hydrogens (tertiary/aromatic N) is 1. The van der Waals surface area contributed by atoms with Crippen LogP contribution in [0.5, 0.6) is 0 Å². The van der Waals surface area contributed by atoms with Gasteiger partial charge >= 0.3 is 6.09 Å². The van der Waals surface area contributed by atoms with Crippen molar-refractivity contribution in [3.8, 4) is 0 Å². The molecule has 4 nitrogen and oxygen atoms in total. The van der Waals surface area contributed by atoms with E-state index in [1.807, 2.05) is 30.3 Å². The van der Waals surface area contributed by atoms with Crippen molar-refractivity contribution in [2.45, 2.75) is 18.6 Å². The number of amides is 1. The molecule has 0 bridgehead atoms. The van der Waals surface area contributed by atoms with E-state index < -0.39 is 17.5 Å². The number of halogens is 1. The first kappa shape index (κ1) is 15.5. The van der Waals surface area contributed by atoms with Crippen molar-refractivity contribution < 1.29 is 19.0 Å². The quantitative estimate of drug-likeness (QED) is 0.947. The molecule has 1 heterocycles. The Morgan fingerprint density at radius 3 is 2.74 bits per heavy atom. The monoisotopic (exact) mass is 315 g/mol. The molecule has 0 radical (unpaired) electrons. The Balaban J connectivity index is 1.61. The Morgan fingerprint density at radius 1 is 1.22 bits per heavy atom. The average molecular weight is 315 g/mol. The van der Waals surface area contributed by atoms with Crippen LogP contribution < -0.4 is 0 Å². The smallest absolute Gasteiger partial charge is 0.410 e. The summed E-state index contributed by atoms with van der Waals surface area (Å²) in [5.74, 6) is -0.402. The molecule has 0 aliphatic carbocycles. The first-order valence-electron chi connectivity index (χ1n) is 7.51. The molecule has 2 aromatic rings. The van der Waals surface area contributed by atoms with Crippen molar-refractivity contribution in [1.82, 2.24) is 4.90 Å². The number of rotatable bonds is 3. The second kappa shape index (κ2) is 6.38. The fraction of sp³-hybridized carbons (Fsp3) is 0.278. The fourth-order valence-corrected chi connectivity index (χ4v) is 2.77. The molecule has 1 N–H and O–H groups in total. The lowest BCUT2D eigenvalue weighted by Gasteiger charge is -2.23. The lowest BCUT2D eigenvalue weighted by Crippen LogP contribution is -2.34. The van der Waals surface area contributed by atoms with E-state index in [9.17, 15) is 14.3 Å². The van der Waals surface area contributed by atoms with Gasteiger partial charge in [0.1, 0.15) is 18.0 Å². The van der Waals surface area contributed by atoms with Gasteiger partial charge in [-0.25, -0.2) is 9.18 Å². The SMILES string of the molecule is O=C(OCc1ccccc1)N1CCC(O)(c2cccc(F)c2)C1. The van der Waals surface area contributed by atoms with Gasteiger partial charge in [-0.15, -0.1) is 0 Å². The third-order valence-electron chi connectivity index (χ3n) is 4.07. The van der Waals surface area contributed by atoms with Crippen LogP contribution in [-0.4, -0.2) is 29.2 Å². The van der Waals surface area contributed by atoms with Crippen molar-refractivity contribution in [3.63, 3.8) is 0 Å². The van der Waals surface area contributed by atoms with Crippen LogP contribution >= 0.6 is 0 Å². The van der Waals surface area contributed by atoms with Gasteiger partial charge in [-0.05, 0) is 29.7 Å². The van der Waals surface area contributed by atoms with E-state index in [-0.39, 0.29) is 13.2 Å². The number of hydrogen-bond acceptors (Lipinski definition) is 3. The number of hydrogen-bond donors (Lipinski definition) is 1. The van der Waals surface area contributed by atoms with Crippen LogP contribution in [0.2, 0.25) is 0 Å². The van der Waals surface area contributed by atoms with Gasteiger partial charge in [0.25, 0.3) is 0 Å². The number of benzene rings is 2. The molecule has 3 rings (SSSR count). The summed E-state index contributed by atoms with van der Waals surface area (Å²) in [5, 5.41) is 10.7. The molecule has 1 saturated heterocycles. The first-order chi connectivity index (χ1) is 11.1. The Hall–Kier alpha value is -2.40. The Morgan fingerprint density at radius 2 is 2.00 bits per heavy atom. The van der Waals surface area contributed by atoms with E-state index in [1.165, 1.54) is 17.0 Å². The molecule has 1 aliphatic rings. The number of likely N-dealkylation sites (tertiary alicyclic amines) is 1. The second-order valence-corrected chi connectivity index (χ2v) is 5.75. The maximum Gasteiger partial charge on any atom is 0.410 e. The number of carbonyl (C=O) groups excluding carboxylic acids is 1. The standard InChI is InChI=1S/C18H18FNO3/c19-16-8-4-7-15(11-16)18(22)9-10-20(13-18)17(21)23-12-14-5-2-1-3-6-14/h1-8,11,22H,9-10,12-13H2. The summed E-state index contributed by atoms with van der Waals surface area (Å²) in [5.41, 5.74) is 0.157. The summed E-state index contributed by atoms with van der Waals surface area (Å²) in [4.78, 5) is 13.6. The Bertz CT molecular complexity index is 692. The highest BCUT2D eigenvalue weighted by atomic mass is 19.1. The van der Waals surface area contributed by atoms with E-state index in [2.05, 4.69) is 0 Å². The summed E-state index contributed by atoms with van der Waals surface area (Å²) in [7, 11) is 0. The predicted octanol–water partition coefficient (Wildman–Crippen LogP) is 3.06. The van der Waals surface area contributed by atoms with E-state index in [1.54, 1.807) is 12.1 Å². The molecule has 2 aromatic carbocycles. The maximum absolute atomic E-state index is 13.3. The number of ether oxygens (including phenoxy) is 1. The predicted molar refractivity (Wildman–Crippen MR) is 83.1 cm³/mol. The van der Waals surface area contributed by atoms with Crippen LogP contribution in [0.3, 0.4) is 0 Å². The van der Waals surface area contributed by atoms with Crippen LogP contribution in [0, 0.1) is 5.82 Å². The summed E-state index contributed by atoms with van der Waals surface area (Å²) >= 11 is 0. The molecule has 0 spiro atoms. The van der Waals surface area contributed by atoms with Crippen molar-refractivity contribution in [2.24, 2.45) is 0 Å². The molecule has 120 valence electrons. The third-order valence-corrected chi connectivity index (χ3v) is 4.07. The van der Waals surface area contributed by atoms with E-state index in [4.69, 9.17) is 4.74 Å². The zero-order chi connectivity index (χ0) is 16.3. The van der Waals surface area contributed by atoms with Gasteiger partial charge in [0.2, 0.25) is 0 Å². The van der Waals surface area contributed by atoms with E-state index in [0.717, 1.165) is 5.56 Å². The van der Waals surface area contributed by atoms with Crippen LogP contribution in [-0.2, 0) is 16.9 Å². The lowest BCUT2D eigenvalue weighted by atomic mass is 9.93. The minimum Gasteiger partial charge on any atom is -0.445 e. The Kier molecular flexibility index (Phi) is 4.30. The average Bonchev–Trinajstić information content (AvgIpc) is 2.97. The summed E-state index contributed by atoms with van der Waals surface area (Å²) in [6.07, 6.45) is -0.113. The number of β-amino-alcohol motifs (C(OH)–C–C–N with tert-alkyl or cyclic N) is 1. The van der Waals surface area contributed by atoms with Gasteiger partial charge in [0.15, 0.2) is 0 Å². The minimum atomic E-state index is -1.23. The Labute approximate surface area is 134 Å². The van der Waals surface area contributed by atoms with Crippen molar-refractivity contribution in [1.29, 1.82) is 0 Å². The third kappa shape index (κ3) is 3.51. The van der Waals surface area contributed by atoms with Crippen molar-refractivity contribution in [2.75, 3.05) is 13.1 Å². The molecular weight excluding hydrogens is 297 g/mol. The van der Waals surface area contributed by atoms with Gasteiger partial charge in [-0.3, -0.25) is 0 Å². The van der Waals surface area contributed by atoms with Gasteiger partial charge in [0.05, 0.1) is 6.54 Å². The molecule has 1 unspecified atom stereocenters. The zero-order valence-electron chi connectivity index (χ0n) is 12.6. The molecule has 1 atom stereocenters. The summed E-state index contributed by atoms with van der Waals surface area (Å²) in [6.45, 7) is 0.666. The largest absolute Gasteiger partial charge is 0.445 e. The van der Waals surface area contributed by atoms with Crippen molar-refractivity contribution in [3.05, 3.63) is 71.5 Å². The highest BCUT2D eigenvalue weighted by Gasteiger charge is 2.40. The van der Waals surface area contributed by atoms with Gasteiger partial charge in [0, 0.05) is 6.54 Å². The molecular formula is C18H18FNO3. The molecule has 1 amide bonds. The van der Waals surface area contributed by atoms with Crippen LogP contribution in [0.4, 0.5) is 9.18 Å². The lowest BCUT2D eigenvalue weighted by molar-refractivity contribution is 0.0405. The number of aliphatic hydroxyl groups is 1. The molecule has 1 aliphatic heterocycles. The second-order valence-electron chi connectivity index (χ2n) is 5.75. The topological polar surface area (TPSA) is 49.8 Å². The van der Waals surface area contributed by atoms with Crippen LogP contribution in [0.15, 0.2) is 54.6 Å². The molecule has 1 fully saturated rings. The maximum atomic E-state index is 13.3. The summed E-state index contributed by atoms with van der Waals surface area (Å²) < 4.78 is 18.6. The van der Waals surface area contributed by atoms with Crippen molar-refractivity contribution >= 4 is 6.09 Å². The van der Waals surface area contributed by atoms with Gasteiger partial charge < -0.3 is 14.7 Å².